The number of hydrogen-bond donors (Lipinski definition) is 1. The summed E-state index contributed by atoms with van der Waals surface area (Å²) in [6, 6.07) is 8.26. The number of nitrogens with two attached hydrogens (primary N) is 1. The van der Waals surface area contributed by atoms with Crippen molar-refractivity contribution >= 4 is 11.6 Å². The van der Waals surface area contributed by atoms with Crippen LogP contribution in [-0.4, -0.2) is 0 Å². The molecule has 0 aromatic heterocycles. The predicted octanol–water partition coefficient (Wildman–Crippen LogP) is 4.55. The van der Waals surface area contributed by atoms with E-state index >= 15 is 0 Å². The third kappa shape index (κ3) is 2.94. The highest BCUT2D eigenvalue weighted by molar-refractivity contribution is 6.30. The molecule has 0 saturated carbocycles. The van der Waals surface area contributed by atoms with Crippen LogP contribution in [0.2, 0.25) is 5.02 Å². The van der Waals surface area contributed by atoms with Crippen LogP contribution >= 0.6 is 11.6 Å². The highest BCUT2D eigenvalue weighted by atomic mass is 35.5. The second kappa shape index (κ2) is 5.42. The molecule has 0 saturated heterocycles. The second-order valence-corrected chi connectivity index (χ2v) is 4.67. The molecular weight excluding hydrogens is 294 g/mol. The zero-order valence-corrected chi connectivity index (χ0v) is 10.8. The van der Waals surface area contributed by atoms with Crippen molar-refractivity contribution in [1.82, 2.24) is 0 Å². The third-order valence-electron chi connectivity index (χ3n) is 2.90. The number of hydrogen-bond acceptors (Lipinski definition) is 1. The molecule has 0 radical (unpaired) electrons. The Morgan fingerprint density at radius 1 is 1.00 bits per heavy atom. The van der Waals surface area contributed by atoms with Crippen molar-refractivity contribution in [3.05, 3.63) is 70.0 Å². The summed E-state index contributed by atoms with van der Waals surface area (Å²) in [6.07, 6.45) is -4.75. The Bertz CT molecular complexity index is 608. The smallest absolute Gasteiger partial charge is 0.320 e. The van der Waals surface area contributed by atoms with Crippen LogP contribution in [0.25, 0.3) is 0 Å². The van der Waals surface area contributed by atoms with Gasteiger partial charge in [0.15, 0.2) is 0 Å². The maximum atomic E-state index is 14.0. The van der Waals surface area contributed by atoms with Crippen molar-refractivity contribution in [1.29, 1.82) is 0 Å². The Hall–Kier alpha value is -1.59. The molecule has 0 aliphatic heterocycles. The molecule has 6 heteroatoms. The van der Waals surface area contributed by atoms with Gasteiger partial charge in [0.25, 0.3) is 0 Å². The van der Waals surface area contributed by atoms with Crippen LogP contribution in [-0.2, 0) is 6.18 Å². The zero-order chi connectivity index (χ0) is 14.9. The Morgan fingerprint density at radius 3 is 2.15 bits per heavy atom. The lowest BCUT2D eigenvalue weighted by Crippen LogP contribution is -2.17. The molecule has 2 aromatic rings. The SMILES string of the molecule is NC(c1ccc(Cl)cc1)c1cccc(C(F)(F)F)c1F. The van der Waals surface area contributed by atoms with Crippen LogP contribution in [0.3, 0.4) is 0 Å². The lowest BCUT2D eigenvalue weighted by atomic mass is 9.97. The molecule has 1 unspecified atom stereocenters. The van der Waals surface area contributed by atoms with Crippen molar-refractivity contribution in [2.24, 2.45) is 5.73 Å². The predicted molar refractivity (Wildman–Crippen MR) is 68.9 cm³/mol. The summed E-state index contributed by atoms with van der Waals surface area (Å²) in [5, 5.41) is 0.463. The molecule has 106 valence electrons. The molecule has 1 nitrogen and oxygen atoms in total. The van der Waals surface area contributed by atoms with E-state index in [9.17, 15) is 17.6 Å². The Balaban J connectivity index is 2.45. The highest BCUT2D eigenvalue weighted by Gasteiger charge is 2.35. The second-order valence-electron chi connectivity index (χ2n) is 4.24. The Morgan fingerprint density at radius 2 is 1.60 bits per heavy atom. The summed E-state index contributed by atoms with van der Waals surface area (Å²) in [7, 11) is 0. The van der Waals surface area contributed by atoms with Gasteiger partial charge in [-0.15, -0.1) is 0 Å². The van der Waals surface area contributed by atoms with Crippen molar-refractivity contribution in [3.63, 3.8) is 0 Å². The van der Waals surface area contributed by atoms with Gasteiger partial charge in [-0.2, -0.15) is 13.2 Å². The largest absolute Gasteiger partial charge is 0.419 e. The number of alkyl halides is 3. The maximum absolute atomic E-state index is 14.0. The quantitative estimate of drug-likeness (QED) is 0.810. The zero-order valence-electron chi connectivity index (χ0n) is 10.1. The van der Waals surface area contributed by atoms with Crippen LogP contribution in [0.15, 0.2) is 42.5 Å². The van der Waals surface area contributed by atoms with E-state index in [2.05, 4.69) is 0 Å². The minimum atomic E-state index is -4.75. The van der Waals surface area contributed by atoms with E-state index in [0.717, 1.165) is 6.07 Å². The first-order valence-corrected chi connectivity index (χ1v) is 6.05. The first-order chi connectivity index (χ1) is 9.30. The van der Waals surface area contributed by atoms with E-state index in [1.54, 1.807) is 24.3 Å². The number of benzene rings is 2. The standard InChI is InChI=1S/C14H10ClF4N/c15-9-6-4-8(5-7-9)13(20)10-2-1-3-11(12(10)16)14(17,18)19/h1-7,13H,20H2. The van der Waals surface area contributed by atoms with Gasteiger partial charge < -0.3 is 5.73 Å². The van der Waals surface area contributed by atoms with E-state index in [1.807, 2.05) is 0 Å². The topological polar surface area (TPSA) is 26.0 Å². The summed E-state index contributed by atoms with van der Waals surface area (Å²) in [5.41, 5.74) is 4.78. The van der Waals surface area contributed by atoms with Crippen LogP contribution in [0.1, 0.15) is 22.7 Å². The molecule has 20 heavy (non-hydrogen) atoms. The summed E-state index contributed by atoms with van der Waals surface area (Å²) >= 11 is 5.72. The third-order valence-corrected chi connectivity index (χ3v) is 3.15. The molecule has 2 rings (SSSR count). The van der Waals surface area contributed by atoms with Crippen LogP contribution in [0.4, 0.5) is 17.6 Å². The van der Waals surface area contributed by atoms with E-state index < -0.39 is 23.6 Å². The van der Waals surface area contributed by atoms with Gasteiger partial charge in [-0.1, -0.05) is 35.9 Å². The van der Waals surface area contributed by atoms with Crippen LogP contribution in [0, 0.1) is 5.82 Å². The molecule has 1 atom stereocenters. The molecule has 0 amide bonds. The minimum absolute atomic E-state index is 0.206. The van der Waals surface area contributed by atoms with E-state index in [4.69, 9.17) is 17.3 Å². The Kier molecular flexibility index (Phi) is 4.01. The van der Waals surface area contributed by atoms with Gasteiger partial charge in [0, 0.05) is 10.6 Å². The summed E-state index contributed by atoms with van der Waals surface area (Å²) in [5.74, 6) is -1.34. The number of rotatable bonds is 2. The van der Waals surface area contributed by atoms with Gasteiger partial charge in [-0.25, -0.2) is 4.39 Å². The molecular formula is C14H10ClF4N. The molecule has 0 aliphatic carbocycles. The molecule has 0 bridgehead atoms. The van der Waals surface area contributed by atoms with Crippen molar-refractivity contribution in [2.75, 3.05) is 0 Å². The minimum Gasteiger partial charge on any atom is -0.320 e. The molecule has 2 N–H and O–H groups in total. The van der Waals surface area contributed by atoms with Crippen LogP contribution < -0.4 is 5.73 Å². The fourth-order valence-electron chi connectivity index (χ4n) is 1.86. The normalized spacial score (nSPS) is 13.3. The lowest BCUT2D eigenvalue weighted by Gasteiger charge is -2.16. The molecule has 0 heterocycles. The van der Waals surface area contributed by atoms with E-state index in [-0.39, 0.29) is 5.56 Å². The molecule has 0 fully saturated rings. The average Bonchev–Trinajstić information content (AvgIpc) is 2.37. The van der Waals surface area contributed by atoms with Gasteiger partial charge >= 0.3 is 6.18 Å². The van der Waals surface area contributed by atoms with Gasteiger partial charge in [-0.3, -0.25) is 0 Å². The molecule has 0 spiro atoms. The summed E-state index contributed by atoms with van der Waals surface area (Å²) < 4.78 is 51.9. The van der Waals surface area contributed by atoms with Gasteiger partial charge in [-0.05, 0) is 23.8 Å². The maximum Gasteiger partial charge on any atom is 0.419 e. The average molecular weight is 304 g/mol. The first-order valence-electron chi connectivity index (χ1n) is 5.67. The van der Waals surface area contributed by atoms with Gasteiger partial charge in [0.1, 0.15) is 5.82 Å². The Labute approximate surface area is 118 Å². The van der Waals surface area contributed by atoms with Crippen molar-refractivity contribution < 1.29 is 17.6 Å². The summed E-state index contributed by atoms with van der Waals surface area (Å²) in [6.45, 7) is 0. The molecule has 0 aliphatic rings. The van der Waals surface area contributed by atoms with Gasteiger partial charge in [0.05, 0.1) is 11.6 Å². The van der Waals surface area contributed by atoms with E-state index in [1.165, 1.54) is 6.07 Å². The van der Waals surface area contributed by atoms with Crippen LogP contribution in [0.5, 0.6) is 0 Å². The van der Waals surface area contributed by atoms with Crippen molar-refractivity contribution in [2.45, 2.75) is 12.2 Å². The lowest BCUT2D eigenvalue weighted by molar-refractivity contribution is -0.140. The first kappa shape index (κ1) is 14.8. The summed E-state index contributed by atoms with van der Waals surface area (Å²) in [4.78, 5) is 0. The molecule has 2 aromatic carbocycles. The fraction of sp³-hybridized carbons (Fsp3) is 0.143. The van der Waals surface area contributed by atoms with Crippen molar-refractivity contribution in [3.8, 4) is 0 Å². The monoisotopic (exact) mass is 303 g/mol. The highest BCUT2D eigenvalue weighted by Crippen LogP contribution is 2.34. The van der Waals surface area contributed by atoms with Gasteiger partial charge in [0.2, 0.25) is 0 Å². The fourth-order valence-corrected chi connectivity index (χ4v) is 1.98. The number of halogens is 5. The van der Waals surface area contributed by atoms with E-state index in [0.29, 0.717) is 16.7 Å².